The van der Waals surface area contributed by atoms with Gasteiger partial charge in [-0.3, -0.25) is 18.9 Å². The Morgan fingerprint density at radius 2 is 2.03 bits per heavy atom. The number of benzene rings is 2. The van der Waals surface area contributed by atoms with Crippen LogP contribution in [-0.2, 0) is 17.3 Å². The van der Waals surface area contributed by atoms with Crippen molar-refractivity contribution in [2.24, 2.45) is 4.99 Å². The van der Waals surface area contributed by atoms with Crippen molar-refractivity contribution >= 4 is 45.1 Å². The topological polar surface area (TPSA) is 99.6 Å². The predicted octanol–water partition coefficient (Wildman–Crippen LogP) is 4.70. The lowest BCUT2D eigenvalue weighted by Gasteiger charge is -2.35. The highest BCUT2D eigenvalue weighted by Gasteiger charge is 2.31. The van der Waals surface area contributed by atoms with Gasteiger partial charge < -0.3 is 10.6 Å². The van der Waals surface area contributed by atoms with Gasteiger partial charge in [-0.2, -0.15) is 0 Å². The van der Waals surface area contributed by atoms with Crippen molar-refractivity contribution in [3.63, 3.8) is 0 Å². The summed E-state index contributed by atoms with van der Waals surface area (Å²) in [5, 5.41) is 8.56. The lowest BCUT2D eigenvalue weighted by Crippen LogP contribution is -2.35. The molecule has 1 aromatic heterocycles. The van der Waals surface area contributed by atoms with Crippen LogP contribution in [0.2, 0.25) is 0 Å². The molecule has 0 fully saturated rings. The van der Waals surface area contributed by atoms with Gasteiger partial charge in [-0.05, 0) is 48.6 Å². The zero-order valence-electron chi connectivity index (χ0n) is 21.0. The van der Waals surface area contributed by atoms with Crippen LogP contribution in [0.4, 0.5) is 15.9 Å². The summed E-state index contributed by atoms with van der Waals surface area (Å²) in [7, 11) is -1.53. The largest absolute Gasteiger partial charge is 0.367 e. The van der Waals surface area contributed by atoms with E-state index in [2.05, 4.69) is 32.2 Å². The van der Waals surface area contributed by atoms with Crippen molar-refractivity contribution in [2.75, 3.05) is 17.7 Å². The molecule has 0 bridgehead atoms. The Labute approximate surface area is 226 Å². The number of aliphatic imine (C=N–C) groups is 1. The fourth-order valence-corrected chi connectivity index (χ4v) is 5.33. The highest BCUT2D eigenvalue weighted by Crippen LogP contribution is 2.40. The Hall–Kier alpha value is -3.83. The van der Waals surface area contributed by atoms with E-state index in [4.69, 9.17) is 0 Å². The summed E-state index contributed by atoms with van der Waals surface area (Å²) < 4.78 is 27.7. The Kier molecular flexibility index (Phi) is 7.13. The van der Waals surface area contributed by atoms with E-state index in [0.29, 0.717) is 63.5 Å². The molecular formula is C27H25FN6O2S2. The molecule has 0 saturated heterocycles. The lowest BCUT2D eigenvalue weighted by atomic mass is 9.97. The standard InChI is InChI=1S/C27H25FN6O2S2/c1-15-9-10-18(25(35)33-26-29-11-6-12-37-26)13-19(15)22-20-14-30-17(3)34(23-16(2)7-5-8-21(23)28)24(20)32-27(31-22)38(4)36/h5-10,12-13,30H,3,11,14H2,1-2,4H3,(H,29,33,35). The molecule has 1 unspecified atom stereocenters. The van der Waals surface area contributed by atoms with Gasteiger partial charge in [-0.15, -0.1) is 0 Å². The molecule has 0 aliphatic carbocycles. The summed E-state index contributed by atoms with van der Waals surface area (Å²) in [4.78, 5) is 28.2. The van der Waals surface area contributed by atoms with Gasteiger partial charge in [-0.25, -0.2) is 14.4 Å². The number of rotatable bonds is 4. The molecule has 1 atom stereocenters. The number of amidine groups is 1. The maximum Gasteiger partial charge on any atom is 0.257 e. The fraction of sp³-hybridized carbons (Fsp3) is 0.185. The van der Waals surface area contributed by atoms with E-state index < -0.39 is 16.6 Å². The molecule has 2 N–H and O–H groups in total. The molecule has 0 saturated carbocycles. The smallest absolute Gasteiger partial charge is 0.257 e. The summed E-state index contributed by atoms with van der Waals surface area (Å²) in [6.45, 7) is 8.63. The SMILES string of the molecule is C=C1NCc2c(-c3cc(C(=O)NC4=NCC=CS4)ccc3C)nc(S(C)=O)nc2N1c1c(C)cccc1F. The molecule has 194 valence electrons. The van der Waals surface area contributed by atoms with Gasteiger partial charge in [0.1, 0.15) is 17.5 Å². The van der Waals surface area contributed by atoms with Gasteiger partial charge in [0.25, 0.3) is 5.91 Å². The first-order chi connectivity index (χ1) is 18.2. The predicted molar refractivity (Wildman–Crippen MR) is 150 cm³/mol. The Bertz CT molecular complexity index is 1550. The summed E-state index contributed by atoms with van der Waals surface area (Å²) >= 11 is 1.34. The number of amides is 1. The molecule has 3 aromatic rings. The number of aryl methyl sites for hydroxylation is 2. The molecule has 11 heteroatoms. The molecule has 5 rings (SSSR count). The van der Waals surface area contributed by atoms with E-state index in [9.17, 15) is 9.00 Å². The van der Waals surface area contributed by atoms with E-state index in [1.54, 1.807) is 36.1 Å². The lowest BCUT2D eigenvalue weighted by molar-refractivity contribution is 0.0978. The average Bonchev–Trinajstić information content (AvgIpc) is 2.90. The second-order valence-corrected chi connectivity index (χ2v) is 10.9. The number of halogens is 1. The second-order valence-electron chi connectivity index (χ2n) is 8.77. The normalized spacial score (nSPS) is 15.4. The number of nitrogens with zero attached hydrogens (tertiary/aromatic N) is 4. The Morgan fingerprint density at radius 3 is 2.74 bits per heavy atom. The van der Waals surface area contributed by atoms with Gasteiger partial charge >= 0.3 is 0 Å². The van der Waals surface area contributed by atoms with Gasteiger partial charge in [0.05, 0.1) is 28.7 Å². The Balaban J connectivity index is 1.66. The molecule has 1 amide bonds. The molecule has 38 heavy (non-hydrogen) atoms. The number of nitrogens with one attached hydrogen (secondary N) is 2. The maximum atomic E-state index is 15.1. The van der Waals surface area contributed by atoms with E-state index in [1.165, 1.54) is 24.1 Å². The van der Waals surface area contributed by atoms with E-state index >= 15 is 4.39 Å². The molecule has 3 heterocycles. The quantitative estimate of drug-likeness (QED) is 0.456. The van der Waals surface area contributed by atoms with Crippen molar-refractivity contribution in [3.05, 3.63) is 88.4 Å². The van der Waals surface area contributed by atoms with Gasteiger partial charge in [0, 0.05) is 29.5 Å². The number of carbonyl (C=O) groups is 1. The van der Waals surface area contributed by atoms with Crippen LogP contribution in [0.1, 0.15) is 27.0 Å². The van der Waals surface area contributed by atoms with Crippen LogP contribution in [0, 0.1) is 19.7 Å². The van der Waals surface area contributed by atoms with Crippen LogP contribution in [0.15, 0.2) is 70.4 Å². The van der Waals surface area contributed by atoms with Gasteiger partial charge in [-0.1, -0.05) is 42.6 Å². The van der Waals surface area contributed by atoms with Crippen molar-refractivity contribution in [1.82, 2.24) is 20.6 Å². The van der Waals surface area contributed by atoms with Crippen LogP contribution in [0.5, 0.6) is 0 Å². The molecule has 0 radical (unpaired) electrons. The molecule has 2 aliphatic rings. The van der Waals surface area contributed by atoms with Crippen LogP contribution in [0.3, 0.4) is 0 Å². The van der Waals surface area contributed by atoms with Crippen LogP contribution in [0.25, 0.3) is 11.3 Å². The van der Waals surface area contributed by atoms with Crippen molar-refractivity contribution in [3.8, 4) is 11.3 Å². The summed E-state index contributed by atoms with van der Waals surface area (Å²) in [5.41, 5.74) is 4.14. The van der Waals surface area contributed by atoms with Crippen LogP contribution >= 0.6 is 11.8 Å². The number of aromatic nitrogens is 2. The van der Waals surface area contributed by atoms with Crippen molar-refractivity contribution < 1.29 is 13.4 Å². The molecule has 0 spiro atoms. The minimum Gasteiger partial charge on any atom is -0.367 e. The monoisotopic (exact) mass is 548 g/mol. The molecule has 2 aromatic carbocycles. The Morgan fingerprint density at radius 1 is 1.21 bits per heavy atom. The van der Waals surface area contributed by atoms with E-state index in [0.717, 1.165) is 5.56 Å². The number of fused-ring (bicyclic) bond motifs is 1. The highest BCUT2D eigenvalue weighted by atomic mass is 32.2. The number of anilines is 2. The van der Waals surface area contributed by atoms with E-state index in [-0.39, 0.29) is 11.1 Å². The molecule has 2 aliphatic heterocycles. The second kappa shape index (κ2) is 10.5. The van der Waals surface area contributed by atoms with Crippen molar-refractivity contribution in [2.45, 2.75) is 25.5 Å². The molecular weight excluding hydrogens is 523 g/mol. The average molecular weight is 549 g/mol. The number of thioether (sulfide) groups is 1. The van der Waals surface area contributed by atoms with Gasteiger partial charge in [0.15, 0.2) is 5.17 Å². The van der Waals surface area contributed by atoms with Crippen LogP contribution in [-0.4, -0.2) is 38.1 Å². The zero-order chi connectivity index (χ0) is 27.0. The van der Waals surface area contributed by atoms with E-state index in [1.807, 2.05) is 24.5 Å². The summed E-state index contributed by atoms with van der Waals surface area (Å²) in [5.74, 6) is 0.0949. The first-order valence-corrected chi connectivity index (χ1v) is 14.2. The number of carbonyl (C=O) groups excluding carboxylic acids is 1. The number of para-hydroxylation sites is 1. The third-order valence-corrected chi connectivity index (χ3v) is 7.66. The number of hydrogen-bond acceptors (Lipinski definition) is 8. The first kappa shape index (κ1) is 25.8. The minimum atomic E-state index is -1.53. The minimum absolute atomic E-state index is 0.0986. The summed E-state index contributed by atoms with van der Waals surface area (Å²) in [6.07, 6.45) is 3.40. The highest BCUT2D eigenvalue weighted by molar-refractivity contribution is 8.16. The number of hydrogen-bond donors (Lipinski definition) is 2. The summed E-state index contributed by atoms with van der Waals surface area (Å²) in [6, 6.07) is 10.1. The van der Waals surface area contributed by atoms with Gasteiger partial charge in [0.2, 0.25) is 5.16 Å². The zero-order valence-corrected chi connectivity index (χ0v) is 22.7. The fourth-order valence-electron chi connectivity index (χ4n) is 4.28. The third-order valence-electron chi connectivity index (χ3n) is 6.18. The molecule has 8 nitrogen and oxygen atoms in total. The third kappa shape index (κ3) is 4.86. The van der Waals surface area contributed by atoms with Crippen molar-refractivity contribution in [1.29, 1.82) is 0 Å². The first-order valence-electron chi connectivity index (χ1n) is 11.8. The maximum absolute atomic E-state index is 15.1. The van der Waals surface area contributed by atoms with Crippen LogP contribution < -0.4 is 15.5 Å².